The lowest BCUT2D eigenvalue weighted by atomic mass is 9.82. The average Bonchev–Trinajstić information content (AvgIpc) is 2.37. The molecule has 1 rings (SSSR count). The van der Waals surface area contributed by atoms with Crippen molar-refractivity contribution in [2.45, 2.75) is 19.3 Å². The standard InChI is InChI=1S/C14H20Br2O2S/c1-19(17,18)9-5-8-14(11-15,12-16)10-13-6-3-2-4-7-13/h2-4,6-7H,5,8-12H2,1H3. The fourth-order valence-corrected chi connectivity index (χ4v) is 4.64. The van der Waals surface area contributed by atoms with Crippen LogP contribution < -0.4 is 0 Å². The summed E-state index contributed by atoms with van der Waals surface area (Å²) in [6, 6.07) is 10.3. The summed E-state index contributed by atoms with van der Waals surface area (Å²) in [5.74, 6) is 0.267. The van der Waals surface area contributed by atoms with Crippen LogP contribution in [0.3, 0.4) is 0 Å². The van der Waals surface area contributed by atoms with Crippen molar-refractivity contribution in [3.63, 3.8) is 0 Å². The van der Waals surface area contributed by atoms with E-state index in [0.29, 0.717) is 6.42 Å². The summed E-state index contributed by atoms with van der Waals surface area (Å²) in [6.45, 7) is 0. The van der Waals surface area contributed by atoms with Crippen LogP contribution in [0.25, 0.3) is 0 Å². The molecule has 0 N–H and O–H groups in total. The third kappa shape index (κ3) is 6.41. The Balaban J connectivity index is 2.68. The van der Waals surface area contributed by atoms with Crippen molar-refractivity contribution in [3.05, 3.63) is 35.9 Å². The van der Waals surface area contributed by atoms with Gasteiger partial charge in [0, 0.05) is 22.7 Å². The van der Waals surface area contributed by atoms with Crippen LogP contribution in [-0.4, -0.2) is 31.1 Å². The van der Waals surface area contributed by atoms with E-state index in [4.69, 9.17) is 0 Å². The minimum absolute atomic E-state index is 0.0754. The molecule has 1 aromatic rings. The molecule has 0 saturated heterocycles. The molecule has 2 nitrogen and oxygen atoms in total. The number of hydrogen-bond donors (Lipinski definition) is 0. The predicted molar refractivity (Wildman–Crippen MR) is 89.1 cm³/mol. The van der Waals surface area contributed by atoms with Gasteiger partial charge in [0.2, 0.25) is 0 Å². The molecule has 0 aliphatic heterocycles. The lowest BCUT2D eigenvalue weighted by molar-refractivity contribution is 0.352. The molecule has 108 valence electrons. The maximum Gasteiger partial charge on any atom is 0.147 e. The van der Waals surface area contributed by atoms with Gasteiger partial charge in [0.05, 0.1) is 0 Å². The predicted octanol–water partition coefficient (Wildman–Crippen LogP) is 3.83. The molecule has 1 aromatic carbocycles. The summed E-state index contributed by atoms with van der Waals surface area (Å²) in [5, 5.41) is 1.73. The molecule has 0 radical (unpaired) electrons. The number of alkyl halides is 2. The molecule has 0 spiro atoms. The van der Waals surface area contributed by atoms with E-state index < -0.39 is 9.84 Å². The van der Waals surface area contributed by atoms with Crippen molar-refractivity contribution < 1.29 is 8.42 Å². The zero-order chi connectivity index (χ0) is 14.4. The molecule has 0 fully saturated rings. The van der Waals surface area contributed by atoms with E-state index in [1.165, 1.54) is 11.8 Å². The van der Waals surface area contributed by atoms with Gasteiger partial charge in [-0.3, -0.25) is 0 Å². The quantitative estimate of drug-likeness (QED) is 0.609. The lowest BCUT2D eigenvalue weighted by Gasteiger charge is -2.30. The fourth-order valence-electron chi connectivity index (χ4n) is 2.09. The van der Waals surface area contributed by atoms with Gasteiger partial charge in [-0.05, 0) is 30.2 Å². The van der Waals surface area contributed by atoms with Crippen LogP contribution >= 0.6 is 31.9 Å². The van der Waals surface area contributed by atoms with E-state index >= 15 is 0 Å². The van der Waals surface area contributed by atoms with E-state index in [1.54, 1.807) is 0 Å². The van der Waals surface area contributed by atoms with Crippen LogP contribution in [0.1, 0.15) is 18.4 Å². The molecule has 0 aromatic heterocycles. The van der Waals surface area contributed by atoms with Crippen LogP contribution in [0.15, 0.2) is 30.3 Å². The topological polar surface area (TPSA) is 34.1 Å². The molecular formula is C14H20Br2O2S. The average molecular weight is 412 g/mol. The Kier molecular flexibility index (Phi) is 7.05. The largest absolute Gasteiger partial charge is 0.229 e. The Morgan fingerprint density at radius 2 is 1.68 bits per heavy atom. The van der Waals surface area contributed by atoms with E-state index in [1.807, 2.05) is 18.2 Å². The third-order valence-corrected chi connectivity index (χ3v) is 6.62. The second-order valence-electron chi connectivity index (χ2n) is 5.16. The highest BCUT2D eigenvalue weighted by Crippen LogP contribution is 2.33. The highest BCUT2D eigenvalue weighted by molar-refractivity contribution is 9.09. The molecule has 0 bridgehead atoms. The zero-order valence-corrected chi connectivity index (χ0v) is 15.1. The first-order valence-electron chi connectivity index (χ1n) is 6.24. The Morgan fingerprint density at radius 3 is 2.16 bits per heavy atom. The summed E-state index contributed by atoms with van der Waals surface area (Å²) in [4.78, 5) is 0. The van der Waals surface area contributed by atoms with Gasteiger partial charge in [-0.2, -0.15) is 0 Å². The molecule has 0 atom stereocenters. The second-order valence-corrected chi connectivity index (χ2v) is 8.54. The molecule has 0 aliphatic rings. The second kappa shape index (κ2) is 7.79. The first-order chi connectivity index (χ1) is 8.91. The normalized spacial score (nSPS) is 12.6. The van der Waals surface area contributed by atoms with Gasteiger partial charge in [0.15, 0.2) is 0 Å². The molecule has 0 amide bonds. The number of benzene rings is 1. The summed E-state index contributed by atoms with van der Waals surface area (Å²) in [5.41, 5.74) is 1.37. The third-order valence-electron chi connectivity index (χ3n) is 3.21. The smallest absolute Gasteiger partial charge is 0.147 e. The van der Waals surface area contributed by atoms with Crippen LogP contribution in [0, 0.1) is 5.41 Å². The van der Waals surface area contributed by atoms with Gasteiger partial charge in [-0.25, -0.2) is 8.42 Å². The molecule has 0 heterocycles. The summed E-state index contributed by atoms with van der Waals surface area (Å²) in [7, 11) is -2.87. The Hall–Kier alpha value is 0.130. The van der Waals surface area contributed by atoms with Gasteiger partial charge in [-0.15, -0.1) is 0 Å². The minimum atomic E-state index is -2.87. The molecular weight excluding hydrogens is 392 g/mol. The van der Waals surface area contributed by atoms with Gasteiger partial charge in [-0.1, -0.05) is 62.2 Å². The number of halogens is 2. The Morgan fingerprint density at radius 1 is 1.11 bits per heavy atom. The number of rotatable bonds is 8. The van der Waals surface area contributed by atoms with Crippen LogP contribution in [0.4, 0.5) is 0 Å². The first-order valence-corrected chi connectivity index (χ1v) is 10.5. The highest BCUT2D eigenvalue weighted by atomic mass is 79.9. The lowest BCUT2D eigenvalue weighted by Crippen LogP contribution is -2.28. The monoisotopic (exact) mass is 410 g/mol. The zero-order valence-electron chi connectivity index (χ0n) is 11.1. The summed E-state index contributed by atoms with van der Waals surface area (Å²) >= 11 is 7.18. The van der Waals surface area contributed by atoms with E-state index in [-0.39, 0.29) is 11.2 Å². The minimum Gasteiger partial charge on any atom is -0.229 e. The van der Waals surface area contributed by atoms with Crippen molar-refractivity contribution in [3.8, 4) is 0 Å². The van der Waals surface area contributed by atoms with Crippen molar-refractivity contribution in [2.75, 3.05) is 22.7 Å². The Labute approximate surface area is 133 Å². The van der Waals surface area contributed by atoms with Gasteiger partial charge in [0.1, 0.15) is 9.84 Å². The van der Waals surface area contributed by atoms with Crippen LogP contribution in [0.5, 0.6) is 0 Å². The fraction of sp³-hybridized carbons (Fsp3) is 0.571. The van der Waals surface area contributed by atoms with Crippen molar-refractivity contribution in [1.29, 1.82) is 0 Å². The molecule has 0 aliphatic carbocycles. The van der Waals surface area contributed by atoms with Gasteiger partial charge in [0.25, 0.3) is 0 Å². The van der Waals surface area contributed by atoms with E-state index in [0.717, 1.165) is 23.5 Å². The van der Waals surface area contributed by atoms with Crippen molar-refractivity contribution in [1.82, 2.24) is 0 Å². The Bertz CT molecular complexity index is 467. The van der Waals surface area contributed by atoms with Crippen molar-refractivity contribution >= 4 is 41.7 Å². The SMILES string of the molecule is CS(=O)(=O)CCCC(CBr)(CBr)Cc1ccccc1. The highest BCUT2D eigenvalue weighted by Gasteiger charge is 2.28. The van der Waals surface area contributed by atoms with Crippen molar-refractivity contribution in [2.24, 2.45) is 5.41 Å². The van der Waals surface area contributed by atoms with E-state index in [9.17, 15) is 8.42 Å². The number of sulfone groups is 1. The molecule has 19 heavy (non-hydrogen) atoms. The van der Waals surface area contributed by atoms with E-state index in [2.05, 4.69) is 44.0 Å². The first kappa shape index (κ1) is 17.2. The van der Waals surface area contributed by atoms with Gasteiger partial charge >= 0.3 is 0 Å². The molecule has 5 heteroatoms. The molecule has 0 unspecified atom stereocenters. The summed E-state index contributed by atoms with van der Waals surface area (Å²) < 4.78 is 22.5. The number of hydrogen-bond acceptors (Lipinski definition) is 2. The van der Waals surface area contributed by atoms with Gasteiger partial charge < -0.3 is 0 Å². The van der Waals surface area contributed by atoms with Crippen LogP contribution in [-0.2, 0) is 16.3 Å². The maximum absolute atomic E-state index is 11.2. The van der Waals surface area contributed by atoms with Crippen LogP contribution in [0.2, 0.25) is 0 Å². The summed E-state index contributed by atoms with van der Waals surface area (Å²) in [6.07, 6.45) is 3.86. The maximum atomic E-state index is 11.2. The molecule has 0 saturated carbocycles.